The lowest BCUT2D eigenvalue weighted by Gasteiger charge is -2.03. The highest BCUT2D eigenvalue weighted by atomic mass is 28.3. The third-order valence-electron chi connectivity index (χ3n) is 1.83. The van der Waals surface area contributed by atoms with E-state index >= 15 is 0 Å². The Morgan fingerprint density at radius 1 is 1.47 bits per heavy atom. The molecule has 1 rings (SSSR count). The summed E-state index contributed by atoms with van der Waals surface area (Å²) in [6.45, 7) is 6.76. The van der Waals surface area contributed by atoms with Crippen LogP contribution in [-0.4, -0.2) is 24.3 Å². The predicted octanol–water partition coefficient (Wildman–Crippen LogP) is 2.08. The molecule has 1 heterocycles. The third-order valence-corrected chi connectivity index (χ3v) is 2.70. The molecule has 0 unspecified atom stereocenters. The molecule has 1 amide bonds. The van der Waals surface area contributed by atoms with E-state index < -0.39 is 14.2 Å². The second-order valence-corrected chi connectivity index (χ2v) is 9.45. The van der Waals surface area contributed by atoms with Crippen LogP contribution in [0.2, 0.25) is 19.6 Å². The number of nitrogens with zero attached hydrogens (tertiary/aromatic N) is 1. The summed E-state index contributed by atoms with van der Waals surface area (Å²) in [7, 11) is -1.36. The molecule has 0 fully saturated rings. The Kier molecular flexibility index (Phi) is 4.29. The van der Waals surface area contributed by atoms with E-state index in [1.165, 1.54) is 0 Å². The molecule has 0 aliphatic heterocycles. The van der Waals surface area contributed by atoms with Crippen molar-refractivity contribution >= 4 is 14.2 Å². The number of nitrogens with one attached hydrogen (secondary N) is 1. The van der Waals surface area contributed by atoms with Crippen molar-refractivity contribution in [3.63, 3.8) is 0 Å². The average Bonchev–Trinajstić information content (AvgIpc) is 2.24. The molecule has 0 saturated carbocycles. The van der Waals surface area contributed by atoms with Gasteiger partial charge in [-0.3, -0.25) is 4.98 Å². The third kappa shape index (κ3) is 5.73. The molecule has 1 aromatic rings. The van der Waals surface area contributed by atoms with Crippen molar-refractivity contribution < 1.29 is 9.90 Å². The van der Waals surface area contributed by atoms with Crippen LogP contribution in [0.5, 0.6) is 0 Å². The van der Waals surface area contributed by atoms with Gasteiger partial charge in [0.05, 0.1) is 12.2 Å². The van der Waals surface area contributed by atoms with Gasteiger partial charge in [0.2, 0.25) is 0 Å². The van der Waals surface area contributed by atoms with Gasteiger partial charge in [0, 0.05) is 11.8 Å². The normalized spacial score (nSPS) is 10.3. The molecule has 0 bridgehead atoms. The Labute approximate surface area is 102 Å². The van der Waals surface area contributed by atoms with Crippen molar-refractivity contribution in [2.75, 3.05) is 0 Å². The smallest absolute Gasteiger partial charge is 0.404 e. The minimum absolute atomic E-state index is 0.219. The van der Waals surface area contributed by atoms with Crippen LogP contribution in [0.3, 0.4) is 0 Å². The molecule has 0 aliphatic rings. The minimum Gasteiger partial charge on any atom is -0.465 e. The molecule has 1 aromatic heterocycles. The Hall–Kier alpha value is -1.80. The lowest BCUT2D eigenvalue weighted by atomic mass is 10.2. The summed E-state index contributed by atoms with van der Waals surface area (Å²) in [6.07, 6.45) is 0.626. The summed E-state index contributed by atoms with van der Waals surface area (Å²) in [5.41, 5.74) is 4.80. The van der Waals surface area contributed by atoms with Crippen LogP contribution in [0, 0.1) is 11.5 Å². The van der Waals surface area contributed by atoms with E-state index in [2.05, 4.69) is 41.4 Å². The van der Waals surface area contributed by atoms with Crippen molar-refractivity contribution in [2.24, 2.45) is 0 Å². The van der Waals surface area contributed by atoms with E-state index in [1.807, 2.05) is 6.07 Å². The summed E-state index contributed by atoms with van der Waals surface area (Å²) < 4.78 is 0. The fourth-order valence-electron chi connectivity index (χ4n) is 1.03. The van der Waals surface area contributed by atoms with Crippen molar-refractivity contribution in [3.8, 4) is 11.5 Å². The van der Waals surface area contributed by atoms with E-state index in [4.69, 9.17) is 5.11 Å². The molecule has 2 N–H and O–H groups in total. The number of carbonyl (C=O) groups is 1. The van der Waals surface area contributed by atoms with Gasteiger partial charge in [0.15, 0.2) is 0 Å². The van der Waals surface area contributed by atoms with Crippen molar-refractivity contribution in [2.45, 2.75) is 26.2 Å². The van der Waals surface area contributed by atoms with E-state index in [9.17, 15) is 4.79 Å². The number of pyridine rings is 1. The van der Waals surface area contributed by atoms with Crippen LogP contribution >= 0.6 is 0 Å². The zero-order chi connectivity index (χ0) is 12.9. The number of hydrogen-bond donors (Lipinski definition) is 2. The molecule has 90 valence electrons. The summed E-state index contributed by atoms with van der Waals surface area (Å²) in [4.78, 5) is 14.4. The largest absolute Gasteiger partial charge is 0.465 e. The first-order valence-electron chi connectivity index (χ1n) is 5.32. The van der Waals surface area contributed by atoms with Gasteiger partial charge in [0.25, 0.3) is 0 Å². The van der Waals surface area contributed by atoms with Gasteiger partial charge in [-0.2, -0.15) is 0 Å². The Bertz CT molecular complexity index is 452. The average molecular weight is 248 g/mol. The molecular formula is C12H16N2O2Si. The molecule has 0 saturated heterocycles. The standard InChI is InChI=1S/C12H16N2O2Si/c1-17(2,3)7-6-10-4-5-11(13-8-10)9-14-12(15)16/h4-5,8,14H,9H2,1-3H3,(H,15,16). The molecule has 5 heteroatoms. The molecule has 0 spiro atoms. The van der Waals surface area contributed by atoms with Crippen LogP contribution in [0.25, 0.3) is 0 Å². The Morgan fingerprint density at radius 2 is 2.18 bits per heavy atom. The zero-order valence-corrected chi connectivity index (χ0v) is 11.2. The minimum atomic E-state index is -1.36. The maximum atomic E-state index is 10.3. The molecule has 0 aromatic carbocycles. The number of carboxylic acid groups (broad SMARTS) is 1. The Balaban J connectivity index is 2.67. The van der Waals surface area contributed by atoms with E-state index in [0.29, 0.717) is 5.69 Å². The van der Waals surface area contributed by atoms with Crippen LogP contribution in [0.1, 0.15) is 11.3 Å². The van der Waals surface area contributed by atoms with Gasteiger partial charge >= 0.3 is 6.09 Å². The molecule has 0 atom stereocenters. The monoisotopic (exact) mass is 248 g/mol. The lowest BCUT2D eigenvalue weighted by Crippen LogP contribution is -2.20. The molecule has 17 heavy (non-hydrogen) atoms. The number of amides is 1. The van der Waals surface area contributed by atoms with Crippen molar-refractivity contribution in [1.29, 1.82) is 0 Å². The van der Waals surface area contributed by atoms with Crippen LogP contribution < -0.4 is 5.32 Å². The maximum Gasteiger partial charge on any atom is 0.404 e. The molecule has 0 aliphatic carbocycles. The van der Waals surface area contributed by atoms with Crippen LogP contribution in [0.4, 0.5) is 4.79 Å². The summed E-state index contributed by atoms with van der Waals surface area (Å²) >= 11 is 0. The predicted molar refractivity (Wildman–Crippen MR) is 69.3 cm³/mol. The molecule has 4 nitrogen and oxygen atoms in total. The highest BCUT2D eigenvalue weighted by molar-refractivity contribution is 6.83. The molecular weight excluding hydrogens is 232 g/mol. The Morgan fingerprint density at radius 3 is 2.65 bits per heavy atom. The van der Waals surface area contributed by atoms with Crippen LogP contribution in [-0.2, 0) is 6.54 Å². The van der Waals surface area contributed by atoms with Crippen molar-refractivity contribution in [3.05, 3.63) is 29.6 Å². The van der Waals surface area contributed by atoms with Gasteiger partial charge in [-0.15, -0.1) is 5.54 Å². The van der Waals surface area contributed by atoms with E-state index in [1.54, 1.807) is 12.3 Å². The van der Waals surface area contributed by atoms with Gasteiger partial charge in [0.1, 0.15) is 8.07 Å². The van der Waals surface area contributed by atoms with E-state index in [-0.39, 0.29) is 6.54 Å². The van der Waals surface area contributed by atoms with Gasteiger partial charge in [-0.25, -0.2) is 4.79 Å². The maximum absolute atomic E-state index is 10.3. The molecule has 0 radical (unpaired) electrons. The first-order valence-corrected chi connectivity index (χ1v) is 8.82. The second kappa shape index (κ2) is 5.50. The van der Waals surface area contributed by atoms with Gasteiger partial charge in [-0.05, 0) is 12.1 Å². The first-order chi connectivity index (χ1) is 7.87. The van der Waals surface area contributed by atoms with Crippen LogP contribution in [0.15, 0.2) is 18.3 Å². The lowest BCUT2D eigenvalue weighted by molar-refractivity contribution is 0.194. The second-order valence-electron chi connectivity index (χ2n) is 4.70. The number of rotatable bonds is 2. The fourth-order valence-corrected chi connectivity index (χ4v) is 1.55. The number of aromatic nitrogens is 1. The quantitative estimate of drug-likeness (QED) is 0.622. The van der Waals surface area contributed by atoms with Gasteiger partial charge in [-0.1, -0.05) is 25.6 Å². The summed E-state index contributed by atoms with van der Waals surface area (Å²) in [6, 6.07) is 3.64. The zero-order valence-electron chi connectivity index (χ0n) is 10.2. The summed E-state index contributed by atoms with van der Waals surface area (Å²) in [5, 5.41) is 10.7. The highest BCUT2D eigenvalue weighted by Crippen LogP contribution is 2.01. The number of hydrogen-bond acceptors (Lipinski definition) is 2. The van der Waals surface area contributed by atoms with Gasteiger partial charge < -0.3 is 10.4 Å². The first kappa shape index (κ1) is 13.3. The SMILES string of the molecule is C[Si](C)(C)C#Cc1ccc(CNC(=O)O)nc1. The van der Waals surface area contributed by atoms with E-state index in [0.717, 1.165) is 5.56 Å². The topological polar surface area (TPSA) is 62.2 Å². The fraction of sp³-hybridized carbons (Fsp3) is 0.333. The van der Waals surface area contributed by atoms with Crippen molar-refractivity contribution in [1.82, 2.24) is 10.3 Å². The highest BCUT2D eigenvalue weighted by Gasteiger charge is 2.07. The summed E-state index contributed by atoms with van der Waals surface area (Å²) in [5.74, 6) is 3.09.